The van der Waals surface area contributed by atoms with Crippen molar-refractivity contribution < 1.29 is 9.53 Å². The zero-order valence-corrected chi connectivity index (χ0v) is 15.5. The van der Waals surface area contributed by atoms with Gasteiger partial charge in [0.05, 0.1) is 6.61 Å². The number of hydrogen-bond acceptors (Lipinski definition) is 2. The van der Waals surface area contributed by atoms with Crippen LogP contribution < -0.4 is 5.32 Å². The van der Waals surface area contributed by atoms with Gasteiger partial charge in [-0.05, 0) is 25.5 Å². The van der Waals surface area contributed by atoms with E-state index < -0.39 is 6.09 Å². The summed E-state index contributed by atoms with van der Waals surface area (Å²) >= 11 is 0. The molecule has 0 saturated heterocycles. The largest absolute Gasteiger partial charge is 0.449 e. The predicted molar refractivity (Wildman–Crippen MR) is 107 cm³/mol. The monoisotopic (exact) mass is 341 g/mol. The maximum Gasteiger partial charge on any atom is 0.411 e. The zero-order valence-electron chi connectivity index (χ0n) is 15.5. The predicted octanol–water partition coefficient (Wildman–Crippen LogP) is 6.51. The Labute approximate surface area is 152 Å². The first-order valence-electron chi connectivity index (χ1n) is 9.21. The van der Waals surface area contributed by atoms with Gasteiger partial charge in [0.1, 0.15) is 0 Å². The minimum absolute atomic E-state index is 0.244. The number of nitrogens with one attached hydrogen (secondary N) is 1. The molecule has 136 valence electrons. The second-order valence-corrected chi connectivity index (χ2v) is 5.99. The smallest absolute Gasteiger partial charge is 0.411 e. The number of rotatable bonds is 11. The van der Waals surface area contributed by atoms with Gasteiger partial charge in [0.2, 0.25) is 0 Å². The van der Waals surface area contributed by atoms with Crippen LogP contribution in [0, 0.1) is 5.92 Å². The zero-order chi connectivity index (χ0) is 18.2. The molecule has 0 saturated carbocycles. The summed E-state index contributed by atoms with van der Waals surface area (Å²) in [5.41, 5.74) is 0.747. The Morgan fingerprint density at radius 1 is 1.08 bits per heavy atom. The lowest BCUT2D eigenvalue weighted by atomic mass is 10.0. The number of hydrogen-bond donors (Lipinski definition) is 1. The molecule has 1 unspecified atom stereocenters. The van der Waals surface area contributed by atoms with Crippen LogP contribution in [-0.4, -0.2) is 12.7 Å². The first kappa shape index (κ1) is 20.8. The lowest BCUT2D eigenvalue weighted by molar-refractivity contribution is 0.147. The van der Waals surface area contributed by atoms with Crippen LogP contribution in [0.1, 0.15) is 46.0 Å². The first-order valence-corrected chi connectivity index (χ1v) is 9.21. The van der Waals surface area contributed by atoms with Gasteiger partial charge >= 0.3 is 6.09 Å². The highest BCUT2D eigenvalue weighted by Gasteiger charge is 2.09. The van der Waals surface area contributed by atoms with Crippen LogP contribution in [-0.2, 0) is 4.74 Å². The van der Waals surface area contributed by atoms with Gasteiger partial charge in [0, 0.05) is 11.6 Å². The molecular weight excluding hydrogens is 310 g/mol. The van der Waals surface area contributed by atoms with Gasteiger partial charge in [-0.25, -0.2) is 4.79 Å². The second kappa shape index (κ2) is 14.1. The fourth-order valence-electron chi connectivity index (χ4n) is 2.39. The number of allylic oxidation sites excluding steroid dienone is 5. The molecule has 0 aliphatic heterocycles. The first-order chi connectivity index (χ1) is 12.3. The molecule has 1 rings (SSSR count). The van der Waals surface area contributed by atoms with Crippen molar-refractivity contribution in [3.8, 4) is 0 Å². The third-order valence-electron chi connectivity index (χ3n) is 3.79. The van der Waals surface area contributed by atoms with Crippen LogP contribution in [0.2, 0.25) is 0 Å². The van der Waals surface area contributed by atoms with E-state index in [0.29, 0.717) is 6.61 Å². The molecular formula is C22H31NO2. The molecule has 25 heavy (non-hydrogen) atoms. The van der Waals surface area contributed by atoms with Crippen LogP contribution in [0.4, 0.5) is 10.5 Å². The van der Waals surface area contributed by atoms with Crippen molar-refractivity contribution in [1.82, 2.24) is 0 Å². The van der Waals surface area contributed by atoms with Crippen molar-refractivity contribution in [3.63, 3.8) is 0 Å². The van der Waals surface area contributed by atoms with E-state index in [1.54, 1.807) is 0 Å². The second-order valence-electron chi connectivity index (χ2n) is 5.99. The van der Waals surface area contributed by atoms with E-state index in [2.05, 4.69) is 18.3 Å². The van der Waals surface area contributed by atoms with Crippen LogP contribution >= 0.6 is 0 Å². The molecule has 1 aromatic rings. The summed E-state index contributed by atoms with van der Waals surface area (Å²) in [6.45, 7) is 4.60. The Balaban J connectivity index is 2.45. The van der Waals surface area contributed by atoms with Gasteiger partial charge in [0.25, 0.3) is 0 Å². The van der Waals surface area contributed by atoms with Gasteiger partial charge < -0.3 is 4.74 Å². The molecule has 0 spiro atoms. The lowest BCUT2D eigenvalue weighted by Gasteiger charge is -2.14. The molecule has 1 atom stereocenters. The van der Waals surface area contributed by atoms with E-state index in [9.17, 15) is 4.79 Å². The normalized spacial score (nSPS) is 12.9. The van der Waals surface area contributed by atoms with Crippen molar-refractivity contribution in [1.29, 1.82) is 0 Å². The Bertz CT molecular complexity index is 546. The van der Waals surface area contributed by atoms with Crippen molar-refractivity contribution >= 4 is 11.8 Å². The fraction of sp³-hybridized carbons (Fsp3) is 0.409. The maximum atomic E-state index is 11.9. The number of ether oxygens (including phenoxy) is 1. The summed E-state index contributed by atoms with van der Waals surface area (Å²) in [6, 6.07) is 9.36. The number of carbonyl (C=O) groups excluding carboxylic acids is 1. The summed E-state index contributed by atoms with van der Waals surface area (Å²) < 4.78 is 5.40. The minimum Gasteiger partial charge on any atom is -0.449 e. The number of para-hydroxylation sites is 1. The van der Waals surface area contributed by atoms with Crippen molar-refractivity contribution in [2.75, 3.05) is 11.9 Å². The van der Waals surface area contributed by atoms with E-state index in [0.717, 1.165) is 18.5 Å². The van der Waals surface area contributed by atoms with Crippen LogP contribution in [0.3, 0.4) is 0 Å². The summed E-state index contributed by atoms with van der Waals surface area (Å²) in [7, 11) is 0. The number of carbonyl (C=O) groups is 1. The molecule has 1 N–H and O–H groups in total. The molecule has 0 aliphatic carbocycles. The van der Waals surface area contributed by atoms with Crippen LogP contribution in [0.5, 0.6) is 0 Å². The average Bonchev–Trinajstić information content (AvgIpc) is 2.63. The molecule has 0 heterocycles. The third kappa shape index (κ3) is 11.0. The highest BCUT2D eigenvalue weighted by molar-refractivity contribution is 5.84. The van der Waals surface area contributed by atoms with Crippen molar-refractivity contribution in [2.24, 2.45) is 5.92 Å². The molecule has 0 aliphatic rings. The standard InChI is InChI=1S/C22H31NO2/c1-3-5-7-9-12-16-20(15-11-8-6-4-2)19-25-22(24)23-21-17-13-10-14-18-21/h3,5,7,9-10,12-14,16-18,20H,4,6,8,11,15,19H2,1-2H3,(H,23,24). The van der Waals surface area contributed by atoms with E-state index in [1.165, 1.54) is 19.3 Å². The summed E-state index contributed by atoms with van der Waals surface area (Å²) in [5.74, 6) is 0.244. The lowest BCUT2D eigenvalue weighted by Crippen LogP contribution is -2.18. The number of unbranched alkanes of at least 4 members (excludes halogenated alkanes) is 3. The van der Waals surface area contributed by atoms with E-state index in [-0.39, 0.29) is 5.92 Å². The van der Waals surface area contributed by atoms with Crippen molar-refractivity contribution in [2.45, 2.75) is 46.0 Å². The molecule has 1 amide bonds. The van der Waals surface area contributed by atoms with Crippen molar-refractivity contribution in [3.05, 3.63) is 66.8 Å². The third-order valence-corrected chi connectivity index (χ3v) is 3.79. The summed E-state index contributed by atoms with van der Waals surface area (Å²) in [4.78, 5) is 11.9. The highest BCUT2D eigenvalue weighted by Crippen LogP contribution is 2.14. The summed E-state index contributed by atoms with van der Waals surface area (Å²) in [6.07, 6.45) is 17.6. The number of anilines is 1. The van der Waals surface area contributed by atoms with Gasteiger partial charge in [0.15, 0.2) is 0 Å². The Morgan fingerprint density at radius 2 is 1.84 bits per heavy atom. The Hall–Kier alpha value is -2.29. The molecule has 0 bridgehead atoms. The Morgan fingerprint density at radius 3 is 2.56 bits per heavy atom. The molecule has 0 radical (unpaired) electrons. The van der Waals surface area contributed by atoms with Crippen LogP contribution in [0.25, 0.3) is 0 Å². The van der Waals surface area contributed by atoms with Gasteiger partial charge in [-0.1, -0.05) is 87.3 Å². The quantitative estimate of drug-likeness (QED) is 0.368. The minimum atomic E-state index is -0.400. The molecule has 3 heteroatoms. The SMILES string of the molecule is CC=CC=CC=CC(CCCCCC)COC(=O)Nc1ccccc1. The van der Waals surface area contributed by atoms with Gasteiger partial charge in [-0.15, -0.1) is 0 Å². The average molecular weight is 341 g/mol. The number of benzene rings is 1. The fourth-order valence-corrected chi connectivity index (χ4v) is 2.39. The highest BCUT2D eigenvalue weighted by atomic mass is 16.5. The Kier molecular flexibility index (Phi) is 11.7. The van der Waals surface area contributed by atoms with Gasteiger partial charge in [-0.3, -0.25) is 5.32 Å². The van der Waals surface area contributed by atoms with Crippen LogP contribution in [0.15, 0.2) is 66.8 Å². The molecule has 0 fully saturated rings. The van der Waals surface area contributed by atoms with Gasteiger partial charge in [-0.2, -0.15) is 0 Å². The summed E-state index contributed by atoms with van der Waals surface area (Å²) in [5, 5.41) is 2.75. The van der Waals surface area contributed by atoms with E-state index in [4.69, 9.17) is 4.74 Å². The molecule has 1 aromatic carbocycles. The van der Waals surface area contributed by atoms with E-state index in [1.807, 2.05) is 67.6 Å². The van der Waals surface area contributed by atoms with E-state index >= 15 is 0 Å². The topological polar surface area (TPSA) is 38.3 Å². The molecule has 0 aromatic heterocycles. The maximum absolute atomic E-state index is 11.9. The number of amides is 1. The molecule has 3 nitrogen and oxygen atoms in total.